The van der Waals surface area contributed by atoms with Crippen molar-refractivity contribution in [3.05, 3.63) is 39.9 Å². The number of aryl methyl sites for hydroxylation is 1. The Morgan fingerprint density at radius 2 is 2.00 bits per heavy atom. The van der Waals surface area contributed by atoms with E-state index in [1.807, 2.05) is 0 Å². The van der Waals surface area contributed by atoms with Crippen LogP contribution in [-0.2, 0) is 22.5 Å². The Morgan fingerprint density at radius 1 is 1.17 bits per heavy atom. The first-order valence-electron chi connectivity index (χ1n) is 9.97. The maximum absolute atomic E-state index is 12.3. The quantitative estimate of drug-likeness (QED) is 0.773. The van der Waals surface area contributed by atoms with Crippen LogP contribution in [0.15, 0.2) is 18.2 Å². The maximum atomic E-state index is 12.3. The molecule has 1 unspecified atom stereocenters. The summed E-state index contributed by atoms with van der Waals surface area (Å²) in [6.45, 7) is 2.32. The molecule has 0 bridgehead atoms. The van der Waals surface area contributed by atoms with Gasteiger partial charge in [0.25, 0.3) is 5.91 Å². The Bertz CT molecular complexity index is 867. The van der Waals surface area contributed by atoms with Crippen molar-refractivity contribution in [2.24, 2.45) is 0 Å². The molecule has 1 fully saturated rings. The van der Waals surface area contributed by atoms with Gasteiger partial charge in [-0.05, 0) is 37.8 Å². The van der Waals surface area contributed by atoms with E-state index in [1.54, 1.807) is 18.2 Å². The number of carbonyl (C=O) groups is 1. The molecule has 2 aliphatic heterocycles. The van der Waals surface area contributed by atoms with Gasteiger partial charge >= 0.3 is 0 Å². The van der Waals surface area contributed by atoms with E-state index in [2.05, 4.69) is 20.1 Å². The van der Waals surface area contributed by atoms with Crippen LogP contribution in [0.25, 0.3) is 0 Å². The lowest BCUT2D eigenvalue weighted by Crippen LogP contribution is -2.38. The third-order valence-electron chi connectivity index (χ3n) is 5.49. The Balaban J connectivity index is 1.30. The highest BCUT2D eigenvalue weighted by molar-refractivity contribution is 6.42. The second-order valence-electron chi connectivity index (χ2n) is 7.47. The Hall–Kier alpha value is -1.83. The first kappa shape index (κ1) is 20.4. The summed E-state index contributed by atoms with van der Waals surface area (Å²) in [6.07, 6.45) is 4.47. The molecule has 1 N–H and O–H groups in total. The molecule has 1 atom stereocenters. The van der Waals surface area contributed by atoms with Gasteiger partial charge in [-0.15, -0.1) is 10.2 Å². The van der Waals surface area contributed by atoms with E-state index in [0.29, 0.717) is 21.7 Å². The zero-order chi connectivity index (χ0) is 20.2. The minimum atomic E-state index is -0.150. The van der Waals surface area contributed by atoms with Gasteiger partial charge in [-0.1, -0.05) is 23.2 Å². The molecule has 0 spiro atoms. The van der Waals surface area contributed by atoms with Crippen LogP contribution in [0.1, 0.15) is 43.3 Å². The Kier molecular flexibility index (Phi) is 6.57. The topological polar surface area (TPSA) is 78.3 Å². The molecular weight excluding hydrogens is 415 g/mol. The van der Waals surface area contributed by atoms with E-state index in [0.717, 1.165) is 63.5 Å². The molecule has 156 valence electrons. The fourth-order valence-corrected chi connectivity index (χ4v) is 4.19. The second kappa shape index (κ2) is 9.32. The number of halogens is 2. The molecule has 4 rings (SSSR count). The smallest absolute Gasteiger partial charge is 0.258 e. The molecular formula is C20H24Cl2N4O3. The molecule has 1 aromatic heterocycles. The first-order valence-corrected chi connectivity index (χ1v) is 10.7. The molecule has 2 aromatic rings. The fraction of sp³-hybridized carbons (Fsp3) is 0.550. The van der Waals surface area contributed by atoms with Crippen LogP contribution in [0.3, 0.4) is 0 Å². The molecule has 3 heterocycles. The molecule has 1 saturated heterocycles. The second-order valence-corrected chi connectivity index (χ2v) is 8.28. The van der Waals surface area contributed by atoms with E-state index < -0.39 is 0 Å². The summed E-state index contributed by atoms with van der Waals surface area (Å²) >= 11 is 11.9. The normalized spacial score (nSPS) is 20.0. The van der Waals surface area contributed by atoms with Gasteiger partial charge in [0.1, 0.15) is 17.4 Å². The summed E-state index contributed by atoms with van der Waals surface area (Å²) in [7, 11) is 0. The lowest BCUT2D eigenvalue weighted by atomic mass is 9.99. The lowest BCUT2D eigenvalue weighted by molar-refractivity contribution is -0.123. The third kappa shape index (κ3) is 5.02. The standard InChI is InChI=1S/C20H24Cl2N4O3/c21-16-3-2-15(11-17(16)22)29-12-19(27)23-14-1-4-18-24-25-20(26(18)8-5-14)13-6-9-28-10-7-13/h2-3,11,13-14H,1,4-10,12H2,(H,23,27). The van der Waals surface area contributed by atoms with Crippen molar-refractivity contribution >= 4 is 29.1 Å². The number of nitrogens with zero attached hydrogens (tertiary/aromatic N) is 3. The summed E-state index contributed by atoms with van der Waals surface area (Å²) in [5, 5.41) is 12.8. The number of fused-ring (bicyclic) bond motifs is 1. The number of aromatic nitrogens is 3. The number of nitrogens with one attached hydrogen (secondary N) is 1. The van der Waals surface area contributed by atoms with Crippen molar-refractivity contribution in [1.29, 1.82) is 0 Å². The highest BCUT2D eigenvalue weighted by Gasteiger charge is 2.26. The summed E-state index contributed by atoms with van der Waals surface area (Å²) < 4.78 is 13.2. The average Bonchev–Trinajstić information content (AvgIpc) is 3.04. The molecule has 9 heteroatoms. The molecule has 0 radical (unpaired) electrons. The summed E-state index contributed by atoms with van der Waals surface area (Å²) in [5.41, 5.74) is 0. The van der Waals surface area contributed by atoms with Crippen LogP contribution in [0.4, 0.5) is 0 Å². The van der Waals surface area contributed by atoms with Gasteiger partial charge < -0.3 is 19.4 Å². The van der Waals surface area contributed by atoms with E-state index in [4.69, 9.17) is 32.7 Å². The number of carbonyl (C=O) groups excluding carboxylic acids is 1. The molecule has 29 heavy (non-hydrogen) atoms. The molecule has 2 aliphatic rings. The number of hydrogen-bond donors (Lipinski definition) is 1. The molecule has 1 aromatic carbocycles. The molecule has 7 nitrogen and oxygen atoms in total. The van der Waals surface area contributed by atoms with Gasteiger partial charge in [-0.3, -0.25) is 4.79 Å². The number of benzene rings is 1. The number of amides is 1. The maximum Gasteiger partial charge on any atom is 0.258 e. The van der Waals surface area contributed by atoms with Gasteiger partial charge in [0.15, 0.2) is 6.61 Å². The van der Waals surface area contributed by atoms with Crippen LogP contribution in [0, 0.1) is 0 Å². The van der Waals surface area contributed by atoms with Crippen LogP contribution < -0.4 is 10.1 Å². The zero-order valence-electron chi connectivity index (χ0n) is 16.1. The predicted octanol–water partition coefficient (Wildman–Crippen LogP) is 3.38. The Labute approximate surface area is 179 Å². The van der Waals surface area contributed by atoms with Crippen LogP contribution >= 0.6 is 23.2 Å². The zero-order valence-corrected chi connectivity index (χ0v) is 17.6. The SMILES string of the molecule is O=C(COc1ccc(Cl)c(Cl)c1)NC1CCc2nnc(C3CCOCC3)n2CC1. The minimum Gasteiger partial charge on any atom is -0.484 e. The first-order chi connectivity index (χ1) is 14.1. The highest BCUT2D eigenvalue weighted by Crippen LogP contribution is 2.28. The summed E-state index contributed by atoms with van der Waals surface area (Å²) in [4.78, 5) is 12.3. The van der Waals surface area contributed by atoms with Gasteiger partial charge in [-0.2, -0.15) is 0 Å². The van der Waals surface area contributed by atoms with Gasteiger partial charge in [0.05, 0.1) is 10.0 Å². The van der Waals surface area contributed by atoms with E-state index in [9.17, 15) is 4.79 Å². The molecule has 0 saturated carbocycles. The molecule has 1 amide bonds. The highest BCUT2D eigenvalue weighted by atomic mass is 35.5. The van der Waals surface area contributed by atoms with Crippen LogP contribution in [0.2, 0.25) is 10.0 Å². The van der Waals surface area contributed by atoms with Gasteiger partial charge in [-0.25, -0.2) is 0 Å². The fourth-order valence-electron chi connectivity index (χ4n) is 3.90. The van der Waals surface area contributed by atoms with Crippen molar-refractivity contribution in [3.8, 4) is 5.75 Å². The van der Waals surface area contributed by atoms with E-state index in [1.165, 1.54) is 0 Å². The van der Waals surface area contributed by atoms with Crippen molar-refractivity contribution in [1.82, 2.24) is 20.1 Å². The van der Waals surface area contributed by atoms with Crippen molar-refractivity contribution in [2.45, 2.75) is 50.6 Å². The third-order valence-corrected chi connectivity index (χ3v) is 6.23. The summed E-state index contributed by atoms with van der Waals surface area (Å²) in [5.74, 6) is 2.86. The lowest BCUT2D eigenvalue weighted by Gasteiger charge is -2.22. The van der Waals surface area contributed by atoms with Gasteiger partial charge in [0, 0.05) is 44.2 Å². The van der Waals surface area contributed by atoms with Crippen LogP contribution in [0.5, 0.6) is 5.75 Å². The van der Waals surface area contributed by atoms with Crippen molar-refractivity contribution in [3.63, 3.8) is 0 Å². The minimum absolute atomic E-state index is 0.0616. The Morgan fingerprint density at radius 3 is 2.79 bits per heavy atom. The number of ether oxygens (including phenoxy) is 2. The average molecular weight is 439 g/mol. The predicted molar refractivity (Wildman–Crippen MR) is 110 cm³/mol. The van der Waals surface area contributed by atoms with E-state index in [-0.39, 0.29) is 18.6 Å². The number of rotatable bonds is 5. The van der Waals surface area contributed by atoms with Crippen LogP contribution in [-0.4, -0.2) is 46.5 Å². The van der Waals surface area contributed by atoms with Crippen molar-refractivity contribution < 1.29 is 14.3 Å². The van der Waals surface area contributed by atoms with E-state index >= 15 is 0 Å². The largest absolute Gasteiger partial charge is 0.484 e. The van der Waals surface area contributed by atoms with Crippen molar-refractivity contribution in [2.75, 3.05) is 19.8 Å². The van der Waals surface area contributed by atoms with Gasteiger partial charge in [0.2, 0.25) is 0 Å². The molecule has 0 aliphatic carbocycles. The number of hydrogen-bond acceptors (Lipinski definition) is 5. The monoisotopic (exact) mass is 438 g/mol. The summed E-state index contributed by atoms with van der Waals surface area (Å²) in [6, 6.07) is 5.03.